The highest BCUT2D eigenvalue weighted by molar-refractivity contribution is 6.28. The number of hydrogen-bond acceptors (Lipinski definition) is 35. The zero-order valence-corrected chi connectivity index (χ0v) is 58.5. The lowest BCUT2D eigenvalue weighted by atomic mass is 10.0. The number of rotatable bonds is 16. The fourth-order valence-corrected chi connectivity index (χ4v) is 10.3. The van der Waals surface area contributed by atoms with E-state index in [1.807, 2.05) is 0 Å². The first-order valence-corrected chi connectivity index (χ1v) is 30.9. The molecule has 8 aliphatic heterocycles. The van der Waals surface area contributed by atoms with E-state index in [9.17, 15) is 151 Å². The largest absolute Gasteiger partial charge is 0.481 e. The summed E-state index contributed by atoms with van der Waals surface area (Å²) in [5.41, 5.74) is 3.63. The Morgan fingerprint density at radius 1 is 0.492 bits per heavy atom. The van der Waals surface area contributed by atoms with Crippen LogP contribution in [0.25, 0.3) is 0 Å². The van der Waals surface area contributed by atoms with E-state index in [0.717, 1.165) is 60.7 Å². The van der Waals surface area contributed by atoms with Gasteiger partial charge in [-0.1, -0.05) is 52.6 Å². The van der Waals surface area contributed by atoms with E-state index in [4.69, 9.17) is 55.6 Å². The minimum Gasteiger partial charge on any atom is -0.481 e. The van der Waals surface area contributed by atoms with Gasteiger partial charge in [0.25, 0.3) is 70.0 Å². The summed E-state index contributed by atoms with van der Waals surface area (Å²) in [5, 5.41) is 82.0. The van der Waals surface area contributed by atoms with E-state index in [1.54, 1.807) is 10.6 Å². The maximum absolute atomic E-state index is 12.6. The summed E-state index contributed by atoms with van der Waals surface area (Å²) in [6.07, 6.45) is -34.1. The van der Waals surface area contributed by atoms with Gasteiger partial charge in [0.1, 0.15) is 46.9 Å². The van der Waals surface area contributed by atoms with Crippen LogP contribution in [0.1, 0.15) is 234 Å². The van der Waals surface area contributed by atoms with Gasteiger partial charge in [0.05, 0.1) is 54.4 Å². The molecule has 8 aliphatic rings. The number of aliphatic carboxylic acids is 4. The van der Waals surface area contributed by atoms with Crippen molar-refractivity contribution in [3.8, 4) is 0 Å². The molecule has 12 amide bonds. The normalized spacial score (nSPS) is 22.7. The first kappa shape index (κ1) is 69.9. The van der Waals surface area contributed by atoms with E-state index in [2.05, 4.69) is 14.2 Å². The van der Waals surface area contributed by atoms with Gasteiger partial charge in [-0.25, -0.2) is 19.2 Å². The second-order valence-electron chi connectivity index (χ2n) is 22.2. The van der Waals surface area contributed by atoms with E-state index < -0.39 is 300 Å². The number of imide groups is 6. The Labute approximate surface area is 715 Å². The van der Waals surface area contributed by atoms with Crippen LogP contribution in [0.2, 0.25) is 0 Å². The van der Waals surface area contributed by atoms with Gasteiger partial charge >= 0.3 is 59.7 Å². The van der Waals surface area contributed by atoms with Crippen molar-refractivity contribution >= 4 is 167 Å². The van der Waals surface area contributed by atoms with Crippen LogP contribution in [0.3, 0.4) is 0 Å². The van der Waals surface area contributed by atoms with Crippen molar-refractivity contribution in [1.82, 2.24) is 30.2 Å². The zero-order chi connectivity index (χ0) is 107. The Morgan fingerprint density at radius 2 is 0.836 bits per heavy atom. The van der Waals surface area contributed by atoms with E-state index in [1.165, 1.54) is 44.2 Å². The Balaban J connectivity index is 0.000000579. The molecule has 3 saturated heterocycles. The number of fused-ring (bicyclic) bond motifs is 5. The number of benzene rings is 5. The average Bonchev–Trinajstić information content (AvgIpc) is 1.51. The van der Waals surface area contributed by atoms with Gasteiger partial charge in [-0.05, 0) is 68.3 Å². The van der Waals surface area contributed by atoms with Crippen molar-refractivity contribution in [2.24, 2.45) is 5.73 Å². The predicted octanol–water partition coefficient (Wildman–Crippen LogP) is 2.64. The maximum Gasteiger partial charge on any atom is 0.353 e. The van der Waals surface area contributed by atoms with Crippen molar-refractivity contribution < 1.29 is 190 Å². The lowest BCUT2D eigenvalue weighted by molar-refractivity contribution is -0.385. The zero-order valence-electron chi connectivity index (χ0n) is 79.5. The number of nitrogens with one attached hydrogen (secondary N) is 2. The third kappa shape index (κ3) is 22.0. The molecule has 0 saturated carbocycles. The van der Waals surface area contributed by atoms with Crippen molar-refractivity contribution in [3.63, 3.8) is 0 Å². The molecule has 3 radical (unpaired) electrons. The molecule has 0 aliphatic carbocycles. The number of nitrogens with two attached hydrogens (primary N) is 2. The number of nitrogens with zero attached hydrogens (tertiary/aromatic N) is 8. The Morgan fingerprint density at radius 3 is 1.20 bits per heavy atom. The van der Waals surface area contributed by atoms with Crippen LogP contribution >= 0.6 is 0 Å². The minimum absolute atomic E-state index is 0. The minimum atomic E-state index is -3.81. The third-order valence-electron chi connectivity index (χ3n) is 14.9. The second-order valence-corrected chi connectivity index (χ2v) is 22.2. The molecule has 0 aromatic heterocycles. The number of carboxylic acids is 4. The fraction of sp³-hybridized carbons (Fsp3) is 0.278. The quantitative estimate of drug-likeness (QED) is 0.0103. The molecule has 8 heterocycles. The van der Waals surface area contributed by atoms with Gasteiger partial charge in [0, 0.05) is 113 Å². The summed E-state index contributed by atoms with van der Waals surface area (Å²) in [7, 11) is 0. The van der Waals surface area contributed by atoms with Crippen LogP contribution in [-0.2, 0) is 71.7 Å². The number of cyclic esters (lactones) is 4. The number of nitro groups is 4. The summed E-state index contributed by atoms with van der Waals surface area (Å²) < 4.78 is 170. The Bertz CT molecular complexity index is 6240. The Kier molecular flexibility index (Phi) is 24.1. The molecule has 49 nitrogen and oxygen atoms in total. The number of piperidine rings is 2. The average molecular weight is 1730 g/mol. The maximum atomic E-state index is 12.6. The van der Waals surface area contributed by atoms with Crippen LogP contribution in [0.4, 0.5) is 28.4 Å². The fourth-order valence-electron chi connectivity index (χ4n) is 10.3. The SMILES string of the molecule is C.C.C.CC(=O)OC(C)=O.O=C1OC(=O)c2c1cccc2[N+](=O)[O-].[2HH].[2H]C([2H])(C(=O)O)C([2H])([2H])C(C(=O)O)N1C(=O)c2cccc([N+](=O)[O-])c2C1=O.[2H]C([2H])(C(=O)O)C([2H])([2H])C([2H])(N)C(=O)O.[2H]C1([2H])C(=O)NC(=O)C(N2C(=O)c3cccc(N)c3C2=O)C1([2H])[2H].[2H]C1([2H])C(=O)NC(=O)C(N2C(=O)c3cccc([N+](=O)[O-])c3C2=O)C1([2H])[2H].[2H]C1([2H])C(=O)OC(=O)C(N2C(=O)c3cccc([N+](=O)[O-])c3C2=O)C1([2H])[2H].[B]. The van der Waals surface area contributed by atoms with E-state index in [0.29, 0.717) is 4.90 Å². The van der Waals surface area contributed by atoms with E-state index >= 15 is 0 Å². The van der Waals surface area contributed by atoms with Gasteiger partial charge in [-0.3, -0.25) is 157 Å². The first-order chi connectivity index (χ1) is 63.2. The van der Waals surface area contributed by atoms with Crippen LogP contribution in [0.15, 0.2) is 91.0 Å². The molecule has 643 valence electrons. The van der Waals surface area contributed by atoms with E-state index in [-0.39, 0.29) is 74.8 Å². The molecule has 5 unspecified atom stereocenters. The summed E-state index contributed by atoms with van der Waals surface area (Å²) in [6.45, 7) is 2.36. The van der Waals surface area contributed by atoms with Crippen LogP contribution in [0, 0.1) is 40.5 Å². The molecule has 5 atom stereocenters. The predicted molar refractivity (Wildman–Crippen MR) is 403 cm³/mol. The smallest absolute Gasteiger partial charge is 0.353 e. The molecule has 122 heavy (non-hydrogen) atoms. The second kappa shape index (κ2) is 42.0. The molecule has 13 rings (SSSR count). The number of hydrogen-bond donors (Lipinski definition) is 8. The van der Waals surface area contributed by atoms with Gasteiger partial charge in [0.2, 0.25) is 23.6 Å². The number of nitro benzene ring substituents is 4. The molecular formula is C72H70BN12O37. The van der Waals surface area contributed by atoms with Crippen molar-refractivity contribution in [1.29, 1.82) is 0 Å². The molecule has 50 heteroatoms. The third-order valence-corrected chi connectivity index (χ3v) is 14.9. The van der Waals surface area contributed by atoms with Crippen molar-refractivity contribution in [2.75, 3.05) is 5.73 Å². The molecule has 10 N–H and O–H groups in total. The number of carboxylic acid groups (broad SMARTS) is 4. The highest BCUT2D eigenvalue weighted by atomic mass is 16.6. The number of esters is 6. The molecule has 5 aromatic rings. The Hall–Kier alpha value is -16.3. The number of ether oxygens (including phenoxy) is 3. The number of nitrogen functional groups attached to an aromatic ring is 1. The number of carbonyl (C=O) groups excluding carboxylic acids is 18. The van der Waals surface area contributed by atoms with Crippen LogP contribution < -0.4 is 22.1 Å². The molecular weight excluding hydrogens is 1640 g/mol. The topological polar surface area (TPSA) is 746 Å². The van der Waals surface area contributed by atoms with Gasteiger partial charge in [-0.2, -0.15) is 0 Å². The van der Waals surface area contributed by atoms with Gasteiger partial charge in [-0.15, -0.1) is 0 Å². The monoisotopic (exact) mass is 1730 g/mol. The van der Waals surface area contributed by atoms with Crippen LogP contribution in [0.5, 0.6) is 0 Å². The number of amides is 12. The van der Waals surface area contributed by atoms with Gasteiger partial charge in [0.15, 0.2) is 5.56 Å². The first-order valence-electron chi connectivity index (χ1n) is 41.4. The molecule has 0 bridgehead atoms. The highest BCUT2D eigenvalue weighted by Gasteiger charge is 2.52. The van der Waals surface area contributed by atoms with Crippen LogP contribution in [-0.4, -0.2) is 229 Å². The summed E-state index contributed by atoms with van der Waals surface area (Å²) in [4.78, 5) is 297. The summed E-state index contributed by atoms with van der Waals surface area (Å²) >= 11 is 0. The van der Waals surface area contributed by atoms with Crippen molar-refractivity contribution in [3.05, 3.63) is 187 Å². The standard InChI is InChI=1S/C13H9N3O6.C13H11N3O4.C13H10N2O8.C13H8N2O7.C8H3NO5.C5H9NO4.C4H6O3.3CH4.B.H2/c17-9-5-4-8(11(18)14-9)15-12(19)6-2-1-3-7(16(21)22)10(6)13(15)20;14-7-3-1-2-6-10(7)13(20)16(12(6)19)8-4-5-9(17)15-11(8)18;16-9(17)5-4-8(13(20)21)14-11(18)6-2-1-3-7(15(22)23)10(6)12(14)19;16-9-5-4-8(13(19)22-9)14-11(17)6-2-1-3-7(15(20)21)10(6)12(14)18;10-7-4-2-1-3-5(9(12)13)6(4)8(11)14-7;6-3(5(9)10)1-2-4(7)8;1-3(5)7-4(2)6;;;;;/h1-3,8H,4-5H2,(H,14,17,18);1-3,8H,4-5,14H2,(H,15,17,18);1-3,8H,4-5H2,(H,16,17)(H,20,21);1-3,8H,4-5H2;1-3H;3H,1-2,6H2,(H,7,8)(H,9,10);1-2H3;3*1H4;;1H/i4*4D2,5D2;;1D2,2D2,3D;;;;;;1+1. The lowest BCUT2D eigenvalue weighted by Gasteiger charge is -2.27. The molecule has 5 aromatic carbocycles. The number of anilines is 1. The highest BCUT2D eigenvalue weighted by Crippen LogP contribution is 2.38. The number of carbonyl (C=O) groups is 22. The molecule has 3 fully saturated rings. The lowest BCUT2D eigenvalue weighted by Crippen LogP contribution is -2.54. The van der Waals surface area contributed by atoms with Crippen molar-refractivity contribution in [2.45, 2.75) is 130 Å². The molecule has 0 spiro atoms. The van der Waals surface area contributed by atoms with Gasteiger partial charge < -0.3 is 46.1 Å². The summed E-state index contributed by atoms with van der Waals surface area (Å²) in [6, 6.07) is 3.95. The summed E-state index contributed by atoms with van der Waals surface area (Å²) in [5.74, 6) is -31.0.